The lowest BCUT2D eigenvalue weighted by Gasteiger charge is -2.22. The topological polar surface area (TPSA) is 96.5 Å². The number of carbonyl (C=O) groups excluding carboxylic acids is 1. The van der Waals surface area contributed by atoms with Gasteiger partial charge in [0.25, 0.3) is 0 Å². The third kappa shape index (κ3) is 3.44. The summed E-state index contributed by atoms with van der Waals surface area (Å²) in [7, 11) is 0. The Morgan fingerprint density at radius 2 is 2.08 bits per heavy atom. The highest BCUT2D eigenvalue weighted by molar-refractivity contribution is 7.99. The van der Waals surface area contributed by atoms with E-state index in [0.29, 0.717) is 6.04 Å². The highest BCUT2D eigenvalue weighted by atomic mass is 32.2. The van der Waals surface area contributed by atoms with E-state index in [1.165, 1.54) is 11.8 Å². The lowest BCUT2D eigenvalue weighted by molar-refractivity contribution is -0.119. The Labute approximate surface area is 156 Å². The molecule has 0 unspecified atom stereocenters. The zero-order chi connectivity index (χ0) is 18.1. The van der Waals surface area contributed by atoms with Crippen molar-refractivity contribution in [3.05, 3.63) is 24.5 Å². The van der Waals surface area contributed by atoms with Crippen molar-refractivity contribution in [1.29, 1.82) is 5.26 Å². The molecule has 4 rings (SSSR count). The first-order valence-corrected chi connectivity index (χ1v) is 9.79. The van der Waals surface area contributed by atoms with Crippen LogP contribution in [0.2, 0.25) is 0 Å². The van der Waals surface area contributed by atoms with E-state index in [1.54, 1.807) is 12.4 Å². The Morgan fingerprint density at radius 1 is 1.35 bits per heavy atom. The van der Waals surface area contributed by atoms with Gasteiger partial charge < -0.3 is 5.32 Å². The number of nitrogens with zero attached hydrogens (tertiary/aromatic N) is 5. The molecule has 2 saturated carbocycles. The number of hydrogen-bond acceptors (Lipinski definition) is 6. The highest BCUT2D eigenvalue weighted by Gasteiger charge is 2.43. The standard InChI is InChI=1S/C18H20N6OS/c1-18(11-19,13-2-3-13)21-15(25)10-26-17-23-22-16(24(17)14-4-5-14)12-6-8-20-9-7-12/h6-9,13-14H,2-5,10H2,1H3,(H,21,25)/t18-/m0/s1. The van der Waals surface area contributed by atoms with Gasteiger partial charge in [0.15, 0.2) is 11.0 Å². The van der Waals surface area contributed by atoms with Gasteiger partial charge in [0.1, 0.15) is 5.54 Å². The minimum absolute atomic E-state index is 0.137. The van der Waals surface area contributed by atoms with Gasteiger partial charge in [-0.25, -0.2) is 0 Å². The van der Waals surface area contributed by atoms with Gasteiger partial charge in [0.2, 0.25) is 5.91 Å². The van der Waals surface area contributed by atoms with E-state index in [2.05, 4.69) is 31.1 Å². The minimum atomic E-state index is -0.760. The molecule has 2 fully saturated rings. The summed E-state index contributed by atoms with van der Waals surface area (Å²) in [6.07, 6.45) is 7.68. The van der Waals surface area contributed by atoms with Crippen molar-refractivity contribution >= 4 is 17.7 Å². The van der Waals surface area contributed by atoms with Gasteiger partial charge in [-0.2, -0.15) is 5.26 Å². The van der Waals surface area contributed by atoms with E-state index in [-0.39, 0.29) is 17.6 Å². The molecule has 0 aromatic carbocycles. The number of nitrogens with one attached hydrogen (secondary N) is 1. The summed E-state index contributed by atoms with van der Waals surface area (Å²) in [6, 6.07) is 6.48. The molecule has 0 aliphatic heterocycles. The number of carbonyl (C=O) groups is 1. The molecule has 2 aliphatic rings. The van der Waals surface area contributed by atoms with Gasteiger partial charge in [0.05, 0.1) is 11.8 Å². The van der Waals surface area contributed by atoms with Crippen molar-refractivity contribution in [2.45, 2.75) is 49.3 Å². The Balaban J connectivity index is 1.46. The maximum absolute atomic E-state index is 12.3. The normalized spacial score (nSPS) is 18.8. The lowest BCUT2D eigenvalue weighted by Crippen LogP contribution is -2.47. The van der Waals surface area contributed by atoms with Crippen molar-refractivity contribution in [2.75, 3.05) is 5.75 Å². The Kier molecular flexibility index (Phi) is 4.41. The van der Waals surface area contributed by atoms with E-state index in [4.69, 9.17) is 0 Å². The zero-order valence-corrected chi connectivity index (χ0v) is 15.4. The fraction of sp³-hybridized carbons (Fsp3) is 0.500. The van der Waals surface area contributed by atoms with Gasteiger partial charge in [-0.3, -0.25) is 14.3 Å². The lowest BCUT2D eigenvalue weighted by atomic mass is 9.98. The second kappa shape index (κ2) is 6.72. The number of rotatable bonds is 7. The van der Waals surface area contributed by atoms with Crippen LogP contribution >= 0.6 is 11.8 Å². The van der Waals surface area contributed by atoms with Crippen molar-refractivity contribution in [3.63, 3.8) is 0 Å². The van der Waals surface area contributed by atoms with Crippen molar-refractivity contribution in [1.82, 2.24) is 25.1 Å². The molecule has 0 bridgehead atoms. The van der Waals surface area contributed by atoms with Gasteiger partial charge in [-0.1, -0.05) is 11.8 Å². The van der Waals surface area contributed by atoms with Crippen molar-refractivity contribution in [2.24, 2.45) is 5.92 Å². The van der Waals surface area contributed by atoms with Crippen molar-refractivity contribution < 1.29 is 4.79 Å². The summed E-state index contributed by atoms with van der Waals surface area (Å²) in [5.41, 5.74) is 0.214. The molecular weight excluding hydrogens is 348 g/mol. The number of aromatic nitrogens is 4. The van der Waals surface area contributed by atoms with Crippen LogP contribution in [-0.2, 0) is 4.79 Å². The van der Waals surface area contributed by atoms with E-state index in [1.807, 2.05) is 19.1 Å². The molecule has 2 aromatic rings. The molecule has 1 amide bonds. The maximum Gasteiger partial charge on any atom is 0.231 e. The number of hydrogen-bond donors (Lipinski definition) is 1. The van der Waals surface area contributed by atoms with Crippen molar-refractivity contribution in [3.8, 4) is 17.5 Å². The molecule has 0 spiro atoms. The second-order valence-corrected chi connectivity index (χ2v) is 8.01. The number of pyridine rings is 1. The summed E-state index contributed by atoms with van der Waals surface area (Å²) in [5.74, 6) is 1.18. The second-order valence-electron chi connectivity index (χ2n) is 7.07. The fourth-order valence-corrected chi connectivity index (χ4v) is 3.88. The van der Waals surface area contributed by atoms with Crippen LogP contribution in [-0.4, -0.2) is 36.9 Å². The largest absolute Gasteiger partial charge is 0.337 e. The maximum atomic E-state index is 12.3. The van der Waals surface area contributed by atoms with E-state index < -0.39 is 5.54 Å². The number of nitriles is 1. The molecule has 2 aliphatic carbocycles. The van der Waals surface area contributed by atoms with Gasteiger partial charge in [-0.15, -0.1) is 10.2 Å². The van der Waals surface area contributed by atoms with Crippen LogP contribution in [0, 0.1) is 17.2 Å². The Hall–Kier alpha value is -2.40. The Morgan fingerprint density at radius 3 is 2.69 bits per heavy atom. The third-order valence-electron chi connectivity index (χ3n) is 4.87. The van der Waals surface area contributed by atoms with Gasteiger partial charge >= 0.3 is 0 Å². The predicted octanol–water partition coefficient (Wildman–Crippen LogP) is 2.58. The molecule has 26 heavy (non-hydrogen) atoms. The van der Waals surface area contributed by atoms with E-state index in [0.717, 1.165) is 42.2 Å². The van der Waals surface area contributed by atoms with Gasteiger partial charge in [0, 0.05) is 24.0 Å². The molecule has 7 nitrogen and oxygen atoms in total. The zero-order valence-electron chi connectivity index (χ0n) is 14.6. The Bertz CT molecular complexity index is 852. The molecule has 0 radical (unpaired) electrons. The van der Waals surface area contributed by atoms with Crippen LogP contribution in [0.1, 0.15) is 38.6 Å². The van der Waals surface area contributed by atoms with Crippen LogP contribution in [0.25, 0.3) is 11.4 Å². The average Bonchev–Trinajstić information content (AvgIpc) is 3.58. The fourth-order valence-electron chi connectivity index (χ4n) is 3.07. The summed E-state index contributed by atoms with van der Waals surface area (Å²) >= 11 is 1.37. The number of thioether (sulfide) groups is 1. The minimum Gasteiger partial charge on any atom is -0.337 e. The van der Waals surface area contributed by atoms with E-state index in [9.17, 15) is 10.1 Å². The summed E-state index contributed by atoms with van der Waals surface area (Å²) in [5, 5.41) is 21.7. The van der Waals surface area contributed by atoms with Gasteiger partial charge in [-0.05, 0) is 50.7 Å². The first-order valence-electron chi connectivity index (χ1n) is 8.81. The van der Waals surface area contributed by atoms with Crippen LogP contribution in [0.4, 0.5) is 0 Å². The number of amides is 1. The average molecular weight is 368 g/mol. The quantitative estimate of drug-likeness (QED) is 0.755. The monoisotopic (exact) mass is 368 g/mol. The summed E-state index contributed by atoms with van der Waals surface area (Å²) < 4.78 is 2.12. The van der Waals surface area contributed by atoms with E-state index >= 15 is 0 Å². The first kappa shape index (κ1) is 17.0. The molecule has 2 aromatic heterocycles. The summed E-state index contributed by atoms with van der Waals surface area (Å²) in [4.78, 5) is 16.4. The van der Waals surface area contributed by atoms with Crippen LogP contribution in [0.5, 0.6) is 0 Å². The third-order valence-corrected chi connectivity index (χ3v) is 5.82. The summed E-state index contributed by atoms with van der Waals surface area (Å²) in [6.45, 7) is 1.81. The SMILES string of the molecule is C[C@@](C#N)(NC(=O)CSc1nnc(-c2ccncc2)n1C1CC1)C1CC1. The first-order chi connectivity index (χ1) is 12.6. The smallest absolute Gasteiger partial charge is 0.231 e. The molecule has 1 atom stereocenters. The molecule has 1 N–H and O–H groups in total. The van der Waals surface area contributed by atoms with Crippen LogP contribution in [0.3, 0.4) is 0 Å². The molecular formula is C18H20N6OS. The molecule has 2 heterocycles. The molecule has 8 heteroatoms. The van der Waals surface area contributed by atoms with Crippen LogP contribution in [0.15, 0.2) is 29.7 Å². The van der Waals surface area contributed by atoms with Crippen LogP contribution < -0.4 is 5.32 Å². The molecule has 0 saturated heterocycles. The molecule has 134 valence electrons. The predicted molar refractivity (Wildman–Crippen MR) is 97.1 cm³/mol. The highest BCUT2D eigenvalue weighted by Crippen LogP contribution is 2.41.